The van der Waals surface area contributed by atoms with Crippen molar-refractivity contribution >= 4 is 23.5 Å². The Kier molecular flexibility index (Phi) is 5.16. The van der Waals surface area contributed by atoms with Gasteiger partial charge >= 0.3 is 5.97 Å². The van der Waals surface area contributed by atoms with Crippen molar-refractivity contribution in [2.75, 3.05) is 12.4 Å². The van der Waals surface area contributed by atoms with Crippen LogP contribution in [-0.2, 0) is 9.59 Å². The number of allylic oxidation sites excluding steroid dienone is 2. The monoisotopic (exact) mass is 316 g/mol. The molecule has 0 heterocycles. The highest BCUT2D eigenvalue weighted by Gasteiger charge is 2.34. The Morgan fingerprint density at radius 3 is 2.39 bits per heavy atom. The number of anilines is 1. The van der Waals surface area contributed by atoms with E-state index >= 15 is 0 Å². The molecular weight excluding hydrogens is 296 g/mol. The average Bonchev–Trinajstić information content (AvgIpc) is 2.56. The molecule has 2 rings (SSSR count). The molecule has 122 valence electrons. The average molecular weight is 316 g/mol. The van der Waals surface area contributed by atoms with Crippen molar-refractivity contribution in [3.05, 3.63) is 41.5 Å². The number of aliphatic carboxylic acids is 1. The molecule has 3 N–H and O–H groups in total. The molecule has 1 aliphatic carbocycles. The van der Waals surface area contributed by atoms with Gasteiger partial charge in [0, 0.05) is 18.3 Å². The van der Waals surface area contributed by atoms with E-state index < -0.39 is 17.8 Å². The molecule has 0 aromatic heterocycles. The summed E-state index contributed by atoms with van der Waals surface area (Å²) in [7, 11) is 1.53. The molecule has 23 heavy (non-hydrogen) atoms. The molecule has 1 aromatic carbocycles. The zero-order chi connectivity index (χ0) is 17.0. The fraction of sp³-hybridized carbons (Fsp3) is 0.353. The molecule has 0 aliphatic heterocycles. The van der Waals surface area contributed by atoms with Crippen LogP contribution in [0.1, 0.15) is 28.8 Å². The van der Waals surface area contributed by atoms with Crippen LogP contribution in [0.3, 0.4) is 0 Å². The van der Waals surface area contributed by atoms with E-state index in [4.69, 9.17) is 0 Å². The van der Waals surface area contributed by atoms with E-state index in [0.717, 1.165) is 5.56 Å². The summed E-state index contributed by atoms with van der Waals surface area (Å²) in [6, 6.07) is 5.02. The van der Waals surface area contributed by atoms with Crippen LogP contribution < -0.4 is 10.6 Å². The van der Waals surface area contributed by atoms with Crippen LogP contribution in [0, 0.1) is 18.8 Å². The van der Waals surface area contributed by atoms with Gasteiger partial charge in [0.25, 0.3) is 5.91 Å². The number of carboxylic acid groups (broad SMARTS) is 1. The normalized spacial score (nSPS) is 19.9. The molecule has 0 bridgehead atoms. The summed E-state index contributed by atoms with van der Waals surface area (Å²) in [6.45, 7) is 1.82. The van der Waals surface area contributed by atoms with Crippen molar-refractivity contribution in [3.8, 4) is 0 Å². The van der Waals surface area contributed by atoms with E-state index in [-0.39, 0.29) is 11.8 Å². The van der Waals surface area contributed by atoms with Crippen LogP contribution >= 0.6 is 0 Å². The Bertz CT molecular complexity index is 667. The lowest BCUT2D eigenvalue weighted by Gasteiger charge is -2.24. The molecule has 6 heteroatoms. The summed E-state index contributed by atoms with van der Waals surface area (Å²) in [5.41, 5.74) is 1.77. The number of rotatable bonds is 4. The van der Waals surface area contributed by atoms with Gasteiger partial charge in [-0.25, -0.2) is 0 Å². The van der Waals surface area contributed by atoms with Crippen LogP contribution in [0.15, 0.2) is 30.4 Å². The van der Waals surface area contributed by atoms with Gasteiger partial charge in [0.15, 0.2) is 0 Å². The van der Waals surface area contributed by atoms with Gasteiger partial charge in [-0.1, -0.05) is 18.2 Å². The number of benzene rings is 1. The second-order valence-electron chi connectivity index (χ2n) is 5.59. The number of carboxylic acids is 1. The first-order valence-corrected chi connectivity index (χ1v) is 7.45. The minimum atomic E-state index is -0.967. The first-order chi connectivity index (χ1) is 10.9. The molecule has 1 aliphatic rings. The van der Waals surface area contributed by atoms with Gasteiger partial charge in [-0.05, 0) is 37.5 Å². The Morgan fingerprint density at radius 1 is 1.13 bits per heavy atom. The number of carbonyl (C=O) groups excluding carboxylic acids is 2. The van der Waals surface area contributed by atoms with Gasteiger partial charge in [0.05, 0.1) is 11.8 Å². The summed E-state index contributed by atoms with van der Waals surface area (Å²) >= 11 is 0. The molecule has 0 radical (unpaired) electrons. The predicted octanol–water partition coefficient (Wildman–Crippen LogP) is 1.96. The zero-order valence-electron chi connectivity index (χ0n) is 13.1. The Balaban J connectivity index is 2.21. The third kappa shape index (κ3) is 3.77. The van der Waals surface area contributed by atoms with Crippen LogP contribution in [-0.4, -0.2) is 29.9 Å². The summed E-state index contributed by atoms with van der Waals surface area (Å²) in [5, 5.41) is 14.6. The molecule has 0 fully saturated rings. The lowest BCUT2D eigenvalue weighted by atomic mass is 9.82. The van der Waals surface area contributed by atoms with E-state index in [9.17, 15) is 19.5 Å². The SMILES string of the molecule is CNC(=O)c1ccc(C)c(NC(=O)[C@H]2CC=CC[C@H]2C(=O)O)c1. The lowest BCUT2D eigenvalue weighted by molar-refractivity contribution is -0.146. The maximum atomic E-state index is 12.5. The quantitative estimate of drug-likeness (QED) is 0.740. The molecule has 0 unspecified atom stereocenters. The number of carbonyl (C=O) groups is 3. The van der Waals surface area contributed by atoms with Crippen molar-refractivity contribution < 1.29 is 19.5 Å². The van der Waals surface area contributed by atoms with Crippen molar-refractivity contribution in [2.24, 2.45) is 11.8 Å². The molecular formula is C17H20N2O4. The predicted molar refractivity (Wildman–Crippen MR) is 86.2 cm³/mol. The molecule has 2 amide bonds. The maximum Gasteiger partial charge on any atom is 0.307 e. The van der Waals surface area contributed by atoms with E-state index in [1.54, 1.807) is 24.3 Å². The van der Waals surface area contributed by atoms with Gasteiger partial charge in [-0.3, -0.25) is 14.4 Å². The fourth-order valence-corrected chi connectivity index (χ4v) is 2.64. The summed E-state index contributed by atoms with van der Waals surface area (Å²) in [4.78, 5) is 35.5. The number of nitrogens with one attached hydrogen (secondary N) is 2. The van der Waals surface area contributed by atoms with Crippen molar-refractivity contribution in [2.45, 2.75) is 19.8 Å². The number of amides is 2. The first kappa shape index (κ1) is 16.7. The van der Waals surface area contributed by atoms with Crippen molar-refractivity contribution in [3.63, 3.8) is 0 Å². The van der Waals surface area contributed by atoms with Crippen LogP contribution in [0.4, 0.5) is 5.69 Å². The maximum absolute atomic E-state index is 12.5. The minimum absolute atomic E-state index is 0.246. The van der Waals surface area contributed by atoms with Gasteiger partial charge in [0.2, 0.25) is 5.91 Å². The lowest BCUT2D eigenvalue weighted by Crippen LogP contribution is -2.35. The second-order valence-corrected chi connectivity index (χ2v) is 5.59. The minimum Gasteiger partial charge on any atom is -0.481 e. The Hall–Kier alpha value is -2.63. The molecule has 0 spiro atoms. The van der Waals surface area contributed by atoms with Crippen LogP contribution in [0.25, 0.3) is 0 Å². The molecule has 1 aromatic rings. The van der Waals surface area contributed by atoms with Gasteiger partial charge < -0.3 is 15.7 Å². The summed E-state index contributed by atoms with van der Waals surface area (Å²) in [6.07, 6.45) is 4.37. The first-order valence-electron chi connectivity index (χ1n) is 7.45. The van der Waals surface area contributed by atoms with Crippen LogP contribution in [0.2, 0.25) is 0 Å². The summed E-state index contributed by atoms with van der Waals surface area (Å²) < 4.78 is 0. The standard InChI is InChI=1S/C17H20N2O4/c1-10-7-8-11(15(20)18-2)9-14(10)19-16(21)12-5-3-4-6-13(12)17(22)23/h3-4,7-9,12-13H,5-6H2,1-2H3,(H,18,20)(H,19,21)(H,22,23)/t12-,13+/m0/s1. The van der Waals surface area contributed by atoms with E-state index in [1.807, 2.05) is 13.0 Å². The molecule has 0 saturated heterocycles. The third-order valence-electron chi connectivity index (χ3n) is 4.07. The van der Waals surface area contributed by atoms with E-state index in [2.05, 4.69) is 10.6 Å². The number of hydrogen-bond donors (Lipinski definition) is 3. The van der Waals surface area contributed by atoms with Crippen molar-refractivity contribution in [1.82, 2.24) is 5.32 Å². The van der Waals surface area contributed by atoms with E-state index in [1.165, 1.54) is 7.05 Å². The number of aryl methyl sites for hydroxylation is 1. The topological polar surface area (TPSA) is 95.5 Å². The van der Waals surface area contributed by atoms with Gasteiger partial charge in [-0.15, -0.1) is 0 Å². The van der Waals surface area contributed by atoms with E-state index in [0.29, 0.717) is 24.1 Å². The zero-order valence-corrected chi connectivity index (χ0v) is 13.1. The number of hydrogen-bond acceptors (Lipinski definition) is 3. The van der Waals surface area contributed by atoms with Crippen LogP contribution in [0.5, 0.6) is 0 Å². The highest BCUT2D eigenvalue weighted by molar-refractivity contribution is 5.99. The molecule has 2 atom stereocenters. The second kappa shape index (κ2) is 7.09. The highest BCUT2D eigenvalue weighted by Crippen LogP contribution is 2.28. The van der Waals surface area contributed by atoms with Gasteiger partial charge in [-0.2, -0.15) is 0 Å². The largest absolute Gasteiger partial charge is 0.481 e. The molecule has 0 saturated carbocycles. The highest BCUT2D eigenvalue weighted by atomic mass is 16.4. The van der Waals surface area contributed by atoms with Crippen molar-refractivity contribution in [1.29, 1.82) is 0 Å². The van der Waals surface area contributed by atoms with Gasteiger partial charge in [0.1, 0.15) is 0 Å². The summed E-state index contributed by atoms with van der Waals surface area (Å²) in [5.74, 6) is -2.88. The fourth-order valence-electron chi connectivity index (χ4n) is 2.64. The smallest absolute Gasteiger partial charge is 0.307 e. The molecule has 6 nitrogen and oxygen atoms in total. The Labute approximate surface area is 134 Å². The Morgan fingerprint density at radius 2 is 1.78 bits per heavy atom. The third-order valence-corrected chi connectivity index (χ3v) is 4.07.